The van der Waals surface area contributed by atoms with Gasteiger partial charge in [-0.3, -0.25) is 20.1 Å². The van der Waals surface area contributed by atoms with Gasteiger partial charge < -0.3 is 9.53 Å². The van der Waals surface area contributed by atoms with Gasteiger partial charge >= 0.3 is 0 Å². The van der Waals surface area contributed by atoms with Crippen LogP contribution in [0.25, 0.3) is 10.9 Å². The number of rotatable bonds is 6. The first-order valence-corrected chi connectivity index (χ1v) is 10.7. The van der Waals surface area contributed by atoms with Crippen molar-refractivity contribution in [2.45, 2.75) is 18.6 Å². The van der Waals surface area contributed by atoms with Crippen LogP contribution in [0.1, 0.15) is 34.3 Å². The fourth-order valence-electron chi connectivity index (χ4n) is 4.70. The highest BCUT2D eigenvalue weighted by Gasteiger charge is 2.46. The average molecular weight is 481 g/mol. The smallest absolute Gasteiger partial charge is 0.277 e. The van der Waals surface area contributed by atoms with E-state index in [2.05, 4.69) is 10.2 Å². The Bertz CT molecular complexity index is 1420. The van der Waals surface area contributed by atoms with Crippen LogP contribution in [0.15, 0.2) is 54.7 Å². The third-order valence-electron chi connectivity index (χ3n) is 6.17. The topological polar surface area (TPSA) is 101 Å². The van der Waals surface area contributed by atoms with Crippen molar-refractivity contribution in [2.75, 3.05) is 7.11 Å². The number of aromatic nitrogens is 2. The summed E-state index contributed by atoms with van der Waals surface area (Å²) in [7, 11) is 1.56. The second kappa shape index (κ2) is 8.51. The quantitative estimate of drug-likeness (QED) is 0.233. The highest BCUT2D eigenvalue weighted by molar-refractivity contribution is 6.31. The second-order valence-corrected chi connectivity index (χ2v) is 8.39. The summed E-state index contributed by atoms with van der Waals surface area (Å²) >= 11 is 6.48. The van der Waals surface area contributed by atoms with Crippen molar-refractivity contribution in [2.24, 2.45) is 0 Å². The molecule has 0 saturated carbocycles. The lowest BCUT2D eigenvalue weighted by atomic mass is 9.93. The first-order valence-electron chi connectivity index (χ1n) is 10.4. The summed E-state index contributed by atoms with van der Waals surface area (Å²) in [4.78, 5) is 25.9. The number of nitrogens with one attached hydrogen (secondary N) is 1. The van der Waals surface area contributed by atoms with E-state index < -0.39 is 22.8 Å². The number of hydrogen-bond donors (Lipinski definition) is 1. The van der Waals surface area contributed by atoms with E-state index in [1.54, 1.807) is 24.1 Å². The lowest BCUT2D eigenvalue weighted by Crippen LogP contribution is -2.28. The largest absolute Gasteiger partial charge is 0.497 e. The molecule has 34 heavy (non-hydrogen) atoms. The molecule has 172 valence electrons. The average Bonchev–Trinajstić information content (AvgIpc) is 3.42. The van der Waals surface area contributed by atoms with Crippen molar-refractivity contribution < 1.29 is 18.8 Å². The number of H-pyrrole nitrogens is 1. The molecule has 0 saturated heterocycles. The molecule has 4 aromatic rings. The number of nitro benzene ring substituents is 1. The number of nitro groups is 1. The molecule has 1 aromatic heterocycles. The summed E-state index contributed by atoms with van der Waals surface area (Å²) in [6.45, 7) is 0.246. The van der Waals surface area contributed by atoms with E-state index in [4.69, 9.17) is 16.3 Å². The minimum Gasteiger partial charge on any atom is -0.497 e. The predicted molar refractivity (Wildman–Crippen MR) is 123 cm³/mol. The Balaban J connectivity index is 1.78. The number of benzene rings is 3. The number of fused-ring (bicyclic) bond motifs is 3. The van der Waals surface area contributed by atoms with Gasteiger partial charge in [0.05, 0.1) is 41.4 Å². The molecule has 0 amide bonds. The van der Waals surface area contributed by atoms with Crippen molar-refractivity contribution in [1.82, 2.24) is 15.1 Å². The van der Waals surface area contributed by atoms with Gasteiger partial charge in [0.15, 0.2) is 0 Å². The Morgan fingerprint density at radius 2 is 2.00 bits per heavy atom. The van der Waals surface area contributed by atoms with Crippen molar-refractivity contribution >= 4 is 34.5 Å². The third kappa shape index (κ3) is 3.49. The van der Waals surface area contributed by atoms with Crippen molar-refractivity contribution in [3.05, 3.63) is 97.9 Å². The van der Waals surface area contributed by atoms with Crippen LogP contribution in [0.4, 0.5) is 10.1 Å². The molecule has 1 aliphatic heterocycles. The van der Waals surface area contributed by atoms with Gasteiger partial charge in [-0.15, -0.1) is 0 Å². The second-order valence-electron chi connectivity index (χ2n) is 7.98. The number of carbonyl (C=O) groups excluding carboxylic acids is 1. The highest BCUT2D eigenvalue weighted by atomic mass is 35.5. The summed E-state index contributed by atoms with van der Waals surface area (Å²) in [6, 6.07) is 10.9. The number of aromatic amines is 1. The van der Waals surface area contributed by atoms with E-state index in [-0.39, 0.29) is 17.3 Å². The van der Waals surface area contributed by atoms with E-state index in [0.717, 1.165) is 11.8 Å². The van der Waals surface area contributed by atoms with Gasteiger partial charge in [0.25, 0.3) is 5.69 Å². The van der Waals surface area contributed by atoms with Crippen LogP contribution in [-0.4, -0.2) is 33.4 Å². The Morgan fingerprint density at radius 3 is 2.68 bits per heavy atom. The van der Waals surface area contributed by atoms with Crippen LogP contribution in [0, 0.1) is 15.9 Å². The number of ether oxygens (including phenoxy) is 1. The van der Waals surface area contributed by atoms with Crippen LogP contribution in [0.3, 0.4) is 0 Å². The summed E-state index contributed by atoms with van der Waals surface area (Å²) < 4.78 is 19.6. The maximum atomic E-state index is 14.3. The van der Waals surface area contributed by atoms with Crippen LogP contribution in [0.2, 0.25) is 5.02 Å². The molecule has 1 aliphatic rings. The molecule has 0 bridgehead atoms. The molecule has 0 fully saturated rings. The van der Waals surface area contributed by atoms with Gasteiger partial charge in [0.1, 0.15) is 17.9 Å². The molecule has 2 atom stereocenters. The summed E-state index contributed by atoms with van der Waals surface area (Å²) in [5.41, 5.74) is 2.19. The first kappa shape index (κ1) is 22.0. The number of carbonyl (C=O) groups is 1. The maximum absolute atomic E-state index is 14.3. The molecule has 3 aromatic carbocycles. The zero-order valence-corrected chi connectivity index (χ0v) is 18.6. The molecule has 8 nitrogen and oxygen atoms in total. The van der Waals surface area contributed by atoms with E-state index in [1.807, 2.05) is 12.1 Å². The lowest BCUT2D eigenvalue weighted by Gasteiger charge is -2.29. The molecule has 2 heterocycles. The fraction of sp³-hybridized carbons (Fsp3) is 0.167. The van der Waals surface area contributed by atoms with Gasteiger partial charge in [-0.1, -0.05) is 23.7 Å². The molecule has 1 N–H and O–H groups in total. The monoisotopic (exact) mass is 480 g/mol. The molecular formula is C24H18ClFN4O4. The van der Waals surface area contributed by atoms with Gasteiger partial charge in [0, 0.05) is 23.0 Å². The summed E-state index contributed by atoms with van der Waals surface area (Å²) in [6.07, 6.45) is 2.28. The Hall–Kier alpha value is -3.82. The Morgan fingerprint density at radius 1 is 1.24 bits per heavy atom. The van der Waals surface area contributed by atoms with Gasteiger partial charge in [-0.2, -0.15) is 5.10 Å². The Labute approximate surface area is 198 Å². The van der Waals surface area contributed by atoms with E-state index >= 15 is 0 Å². The lowest BCUT2D eigenvalue weighted by molar-refractivity contribution is -0.385. The van der Waals surface area contributed by atoms with E-state index in [0.29, 0.717) is 33.3 Å². The molecule has 0 spiro atoms. The molecule has 5 rings (SSSR count). The number of methoxy groups -OCH3 is 1. The van der Waals surface area contributed by atoms with Crippen LogP contribution < -0.4 is 4.74 Å². The number of nitrogens with zero attached hydrogens (tertiary/aromatic N) is 3. The third-order valence-corrected chi connectivity index (χ3v) is 6.51. The van der Waals surface area contributed by atoms with Gasteiger partial charge in [0.2, 0.25) is 0 Å². The molecular weight excluding hydrogens is 463 g/mol. The van der Waals surface area contributed by atoms with E-state index in [1.165, 1.54) is 30.5 Å². The summed E-state index contributed by atoms with van der Waals surface area (Å²) in [5, 5.41) is 19.7. The van der Waals surface area contributed by atoms with Crippen LogP contribution in [-0.2, 0) is 11.3 Å². The zero-order chi connectivity index (χ0) is 24.0. The standard InChI is InChI=1S/C24H18ClFN4O4/c1-34-15-5-2-13(3-6-15)11-29-21(12-31)22-17-10-27-28-19(17)9-20(30(32)33)23(22)24(29)16-8-14(26)4-7-18(16)25/h2-10,12,21,24H,11H2,1H3,(H,27,28). The van der Waals surface area contributed by atoms with Crippen molar-refractivity contribution in [3.8, 4) is 5.75 Å². The molecule has 0 aliphatic carbocycles. The molecule has 0 radical (unpaired) electrons. The maximum Gasteiger partial charge on any atom is 0.277 e. The number of aldehydes is 1. The summed E-state index contributed by atoms with van der Waals surface area (Å²) in [5.74, 6) is 0.132. The SMILES string of the molecule is COc1ccc(CN2C(C=O)c3c(c([N+](=O)[O-])cc4[nH]ncc34)C2c2cc(F)ccc2Cl)cc1. The molecule has 2 unspecified atom stereocenters. The minimum absolute atomic E-state index is 0.193. The number of hydrogen-bond acceptors (Lipinski definition) is 6. The van der Waals surface area contributed by atoms with E-state index in [9.17, 15) is 19.3 Å². The number of halogens is 2. The molecule has 10 heteroatoms. The van der Waals surface area contributed by atoms with Gasteiger partial charge in [-0.25, -0.2) is 4.39 Å². The van der Waals surface area contributed by atoms with Gasteiger partial charge in [-0.05, 0) is 47.0 Å². The van der Waals surface area contributed by atoms with Crippen LogP contribution >= 0.6 is 11.6 Å². The van der Waals surface area contributed by atoms with Crippen LogP contribution in [0.5, 0.6) is 5.75 Å². The fourth-order valence-corrected chi connectivity index (χ4v) is 4.92. The normalized spacial score (nSPS) is 17.6. The Kier molecular flexibility index (Phi) is 5.51. The predicted octanol–water partition coefficient (Wildman–Crippen LogP) is 5.12. The first-order chi connectivity index (χ1) is 16.4. The van der Waals surface area contributed by atoms with Crippen molar-refractivity contribution in [3.63, 3.8) is 0 Å². The zero-order valence-electron chi connectivity index (χ0n) is 17.9. The highest BCUT2D eigenvalue weighted by Crippen LogP contribution is 2.52. The van der Waals surface area contributed by atoms with Crippen molar-refractivity contribution in [1.29, 1.82) is 0 Å². The minimum atomic E-state index is -0.846.